The molecule has 0 aliphatic rings. The molecule has 1 N–H and O–H groups in total. The van der Waals surface area contributed by atoms with Crippen molar-refractivity contribution in [2.24, 2.45) is 0 Å². The van der Waals surface area contributed by atoms with Crippen molar-refractivity contribution in [3.8, 4) is 0 Å². The van der Waals surface area contributed by atoms with E-state index in [-0.39, 0.29) is 5.69 Å². The first-order valence-corrected chi connectivity index (χ1v) is 8.72. The van der Waals surface area contributed by atoms with Crippen molar-refractivity contribution in [2.75, 3.05) is 6.26 Å². The van der Waals surface area contributed by atoms with Crippen LogP contribution in [0, 0.1) is 10.1 Å². The lowest BCUT2D eigenvalue weighted by molar-refractivity contribution is -0.384. The minimum absolute atomic E-state index is 0.000526. The molecule has 0 saturated heterocycles. The average Bonchev–Trinajstić information content (AvgIpc) is 2.47. The zero-order valence-electron chi connectivity index (χ0n) is 12.5. The Morgan fingerprint density at radius 1 is 1.00 bits per heavy atom. The molecule has 122 valence electrons. The first kappa shape index (κ1) is 17.1. The average molecular weight is 335 g/mol. The van der Waals surface area contributed by atoms with Crippen molar-refractivity contribution < 1.29 is 13.3 Å². The highest BCUT2D eigenvalue weighted by Gasteiger charge is 2.13. The van der Waals surface area contributed by atoms with Crippen molar-refractivity contribution in [3.05, 3.63) is 75.8 Å². The van der Waals surface area contributed by atoms with E-state index in [0.717, 1.165) is 17.4 Å². The number of hydrogen-bond donors (Lipinski definition) is 1. The number of sulfonamides is 1. The van der Waals surface area contributed by atoms with Gasteiger partial charge in [0.25, 0.3) is 5.69 Å². The number of nitrogens with one attached hydrogen (secondary N) is 1. The van der Waals surface area contributed by atoms with Crippen LogP contribution >= 0.6 is 0 Å². The largest absolute Gasteiger partial charge is 0.269 e. The summed E-state index contributed by atoms with van der Waals surface area (Å²) in [5, 5.41) is 12.2. The molecule has 0 aliphatic heterocycles. The van der Waals surface area contributed by atoms with Gasteiger partial charge in [-0.05, 0) is 11.1 Å². The molecule has 0 amide bonds. The Balaban J connectivity index is 2.15. The van der Waals surface area contributed by atoms with Crippen LogP contribution in [-0.2, 0) is 23.1 Å². The molecule has 0 radical (unpaired) electrons. The van der Waals surface area contributed by atoms with Crippen LogP contribution in [0.5, 0.6) is 0 Å². The number of hydrogen-bond acceptors (Lipinski definition) is 5. The minimum Gasteiger partial charge on any atom is -0.258 e. The molecular formula is C15H17N3O4S. The zero-order valence-corrected chi connectivity index (χ0v) is 13.4. The van der Waals surface area contributed by atoms with Crippen molar-refractivity contribution in [1.29, 1.82) is 0 Å². The SMILES string of the molecule is CS(=O)(=O)NN(Cc1ccccc1)Cc1ccc([N+](=O)[O-])cc1. The summed E-state index contributed by atoms with van der Waals surface area (Å²) in [5.74, 6) is 0. The van der Waals surface area contributed by atoms with Gasteiger partial charge in [0, 0.05) is 25.2 Å². The molecule has 0 bridgehead atoms. The van der Waals surface area contributed by atoms with Gasteiger partial charge in [-0.25, -0.2) is 13.4 Å². The Labute approximate surface area is 134 Å². The fourth-order valence-electron chi connectivity index (χ4n) is 2.10. The number of benzene rings is 2. The topological polar surface area (TPSA) is 92.6 Å². The van der Waals surface area contributed by atoms with Gasteiger partial charge < -0.3 is 0 Å². The van der Waals surface area contributed by atoms with E-state index >= 15 is 0 Å². The summed E-state index contributed by atoms with van der Waals surface area (Å²) < 4.78 is 23.0. The molecule has 0 spiro atoms. The number of hydrazine groups is 1. The fraction of sp³-hybridized carbons (Fsp3) is 0.200. The number of nitro benzene ring substituents is 1. The van der Waals surface area contributed by atoms with Crippen LogP contribution in [0.25, 0.3) is 0 Å². The van der Waals surface area contributed by atoms with E-state index in [0.29, 0.717) is 13.1 Å². The third-order valence-corrected chi connectivity index (χ3v) is 3.62. The monoisotopic (exact) mass is 335 g/mol. The van der Waals surface area contributed by atoms with E-state index in [1.165, 1.54) is 12.1 Å². The lowest BCUT2D eigenvalue weighted by atomic mass is 10.2. The van der Waals surface area contributed by atoms with Crippen LogP contribution in [0.15, 0.2) is 54.6 Å². The van der Waals surface area contributed by atoms with E-state index in [1.807, 2.05) is 30.3 Å². The lowest BCUT2D eigenvalue weighted by Crippen LogP contribution is -2.40. The Morgan fingerprint density at radius 2 is 1.52 bits per heavy atom. The summed E-state index contributed by atoms with van der Waals surface area (Å²) >= 11 is 0. The highest BCUT2D eigenvalue weighted by Crippen LogP contribution is 2.14. The molecule has 2 rings (SSSR count). The number of nitrogens with zero attached hydrogens (tertiary/aromatic N) is 2. The molecule has 0 heterocycles. The normalized spacial score (nSPS) is 11.6. The maximum atomic E-state index is 11.5. The van der Waals surface area contributed by atoms with Gasteiger partial charge in [0.15, 0.2) is 0 Å². The molecule has 0 aromatic heterocycles. The molecule has 8 heteroatoms. The molecule has 7 nitrogen and oxygen atoms in total. The van der Waals surface area contributed by atoms with Gasteiger partial charge in [0.1, 0.15) is 0 Å². The molecule has 23 heavy (non-hydrogen) atoms. The quantitative estimate of drug-likeness (QED) is 0.617. The first-order valence-electron chi connectivity index (χ1n) is 6.83. The summed E-state index contributed by atoms with van der Waals surface area (Å²) in [7, 11) is -3.42. The second-order valence-corrected chi connectivity index (χ2v) is 6.86. The van der Waals surface area contributed by atoms with E-state index in [1.54, 1.807) is 17.1 Å². The molecule has 0 atom stereocenters. The zero-order chi connectivity index (χ0) is 16.9. The van der Waals surface area contributed by atoms with Crippen LogP contribution in [0.1, 0.15) is 11.1 Å². The van der Waals surface area contributed by atoms with Gasteiger partial charge in [-0.15, -0.1) is 4.83 Å². The minimum atomic E-state index is -3.42. The molecule has 0 fully saturated rings. The van der Waals surface area contributed by atoms with E-state index in [2.05, 4.69) is 4.83 Å². The Kier molecular flexibility index (Phi) is 5.43. The van der Waals surface area contributed by atoms with Crippen LogP contribution in [-0.4, -0.2) is 24.6 Å². The molecular weight excluding hydrogens is 318 g/mol. The molecule has 0 aliphatic carbocycles. The van der Waals surface area contributed by atoms with Crippen molar-refractivity contribution in [3.63, 3.8) is 0 Å². The van der Waals surface area contributed by atoms with Crippen LogP contribution in [0.4, 0.5) is 5.69 Å². The maximum absolute atomic E-state index is 11.5. The lowest BCUT2D eigenvalue weighted by Gasteiger charge is -2.22. The Bertz CT molecular complexity index is 761. The van der Waals surface area contributed by atoms with Gasteiger partial charge in [-0.3, -0.25) is 10.1 Å². The van der Waals surface area contributed by atoms with Crippen molar-refractivity contribution in [2.45, 2.75) is 13.1 Å². The van der Waals surface area contributed by atoms with Crippen LogP contribution in [0.3, 0.4) is 0 Å². The third-order valence-electron chi connectivity index (χ3n) is 3.03. The van der Waals surface area contributed by atoms with Gasteiger partial charge in [-0.1, -0.05) is 42.5 Å². The van der Waals surface area contributed by atoms with Gasteiger partial charge >= 0.3 is 0 Å². The highest BCUT2D eigenvalue weighted by molar-refractivity contribution is 7.88. The first-order chi connectivity index (χ1) is 10.8. The van der Waals surface area contributed by atoms with Gasteiger partial charge in [-0.2, -0.15) is 0 Å². The Hall–Kier alpha value is -2.29. The second kappa shape index (κ2) is 7.32. The second-order valence-electron chi connectivity index (χ2n) is 5.13. The molecule has 0 saturated carbocycles. The number of nitro groups is 1. The van der Waals surface area contributed by atoms with Crippen molar-refractivity contribution >= 4 is 15.7 Å². The van der Waals surface area contributed by atoms with Crippen molar-refractivity contribution in [1.82, 2.24) is 9.84 Å². The maximum Gasteiger partial charge on any atom is 0.269 e. The fourth-order valence-corrected chi connectivity index (χ4v) is 2.70. The van der Waals surface area contributed by atoms with E-state index in [9.17, 15) is 18.5 Å². The number of rotatable bonds is 7. The predicted molar refractivity (Wildman–Crippen MR) is 86.8 cm³/mol. The highest BCUT2D eigenvalue weighted by atomic mass is 32.2. The van der Waals surface area contributed by atoms with Gasteiger partial charge in [0.2, 0.25) is 10.0 Å². The standard InChI is InChI=1S/C15H17N3O4S/c1-23(21,22)16-17(11-13-5-3-2-4-6-13)12-14-7-9-15(10-8-14)18(19)20/h2-10,16H,11-12H2,1H3. The molecule has 0 unspecified atom stereocenters. The third kappa shape index (κ3) is 5.78. The van der Waals surface area contributed by atoms with E-state index < -0.39 is 14.9 Å². The summed E-state index contributed by atoms with van der Waals surface area (Å²) in [6, 6.07) is 15.4. The smallest absolute Gasteiger partial charge is 0.258 e. The molecule has 2 aromatic rings. The summed E-state index contributed by atoms with van der Waals surface area (Å²) in [6.07, 6.45) is 1.08. The summed E-state index contributed by atoms with van der Waals surface area (Å²) in [6.45, 7) is 0.671. The van der Waals surface area contributed by atoms with Crippen LogP contribution < -0.4 is 4.83 Å². The molecule has 2 aromatic carbocycles. The predicted octanol–water partition coefficient (Wildman–Crippen LogP) is 2.06. The van der Waals surface area contributed by atoms with Gasteiger partial charge in [0.05, 0.1) is 11.2 Å². The number of non-ortho nitro benzene ring substituents is 1. The Morgan fingerprint density at radius 3 is 2.00 bits per heavy atom. The summed E-state index contributed by atoms with van der Waals surface area (Å²) in [5.41, 5.74) is 1.72. The van der Waals surface area contributed by atoms with Crippen LogP contribution in [0.2, 0.25) is 0 Å². The summed E-state index contributed by atoms with van der Waals surface area (Å²) in [4.78, 5) is 12.7. The van der Waals surface area contributed by atoms with E-state index in [4.69, 9.17) is 0 Å².